The Morgan fingerprint density at radius 2 is 1.70 bits per heavy atom. The number of Topliss-reactive ketones (excluding diaryl/α,β-unsaturated/α-hetero) is 1. The van der Waals surface area contributed by atoms with Crippen molar-refractivity contribution in [3.63, 3.8) is 0 Å². The highest BCUT2D eigenvalue weighted by molar-refractivity contribution is 6.00. The number of halogens is 3. The van der Waals surface area contributed by atoms with Crippen LogP contribution < -0.4 is 5.32 Å². The van der Waals surface area contributed by atoms with Crippen molar-refractivity contribution in [3.8, 4) is 0 Å². The van der Waals surface area contributed by atoms with E-state index in [1.165, 1.54) is 12.1 Å². The molecule has 0 atom stereocenters. The third-order valence-electron chi connectivity index (χ3n) is 2.50. The highest BCUT2D eigenvalue weighted by atomic mass is 19.4. The maximum absolute atomic E-state index is 12.3. The van der Waals surface area contributed by atoms with Crippen LogP contribution in [0.15, 0.2) is 30.3 Å². The van der Waals surface area contributed by atoms with Crippen LogP contribution in [0.1, 0.15) is 36.7 Å². The third kappa shape index (κ3) is 6.99. The normalized spacial score (nSPS) is 12.3. The summed E-state index contributed by atoms with van der Waals surface area (Å²) in [4.78, 5) is 22.4. The first-order valence-corrected chi connectivity index (χ1v) is 6.84. The van der Waals surface area contributed by atoms with Gasteiger partial charge >= 0.3 is 12.3 Å². The van der Waals surface area contributed by atoms with Gasteiger partial charge in [0.05, 0.1) is 0 Å². The van der Waals surface area contributed by atoms with Gasteiger partial charge in [0.1, 0.15) is 5.60 Å². The molecule has 0 unspecified atom stereocenters. The molecule has 0 aliphatic heterocycles. The lowest BCUT2D eigenvalue weighted by Gasteiger charge is -2.19. The van der Waals surface area contributed by atoms with Gasteiger partial charge < -0.3 is 10.1 Å². The lowest BCUT2D eigenvalue weighted by atomic mass is 10.1. The van der Waals surface area contributed by atoms with E-state index < -0.39 is 29.2 Å². The minimum absolute atomic E-state index is 0.206. The standard InChI is InChI=1S/C16H18F3NO3/c1-15(2,3)23-14(22)20-10-4-5-11-6-8-12(9-7-11)13(21)16(17,18)19/h4-9H,10H2,1-3H3,(H,20,22). The number of alkyl carbamates (subject to hydrolysis) is 1. The van der Waals surface area contributed by atoms with Crippen molar-refractivity contribution in [1.82, 2.24) is 5.32 Å². The molecule has 1 N–H and O–H groups in total. The van der Waals surface area contributed by atoms with Gasteiger partial charge in [-0.3, -0.25) is 4.79 Å². The van der Waals surface area contributed by atoms with Crippen LogP contribution in [0.5, 0.6) is 0 Å². The largest absolute Gasteiger partial charge is 0.454 e. The van der Waals surface area contributed by atoms with Crippen LogP contribution in [-0.2, 0) is 4.74 Å². The molecule has 126 valence electrons. The van der Waals surface area contributed by atoms with Crippen molar-refractivity contribution in [2.75, 3.05) is 6.54 Å². The Morgan fingerprint density at radius 1 is 1.13 bits per heavy atom. The van der Waals surface area contributed by atoms with Gasteiger partial charge in [-0.15, -0.1) is 0 Å². The number of ether oxygens (including phenoxy) is 1. The topological polar surface area (TPSA) is 55.4 Å². The first-order chi connectivity index (χ1) is 10.5. The molecule has 0 saturated heterocycles. The monoisotopic (exact) mass is 329 g/mol. The van der Waals surface area contributed by atoms with Gasteiger partial charge in [0.25, 0.3) is 5.78 Å². The fourth-order valence-corrected chi connectivity index (χ4v) is 1.56. The maximum atomic E-state index is 12.3. The van der Waals surface area contributed by atoms with Gasteiger partial charge in [0, 0.05) is 12.1 Å². The summed E-state index contributed by atoms with van der Waals surface area (Å²) in [5.41, 5.74) is -0.398. The highest BCUT2D eigenvalue weighted by Gasteiger charge is 2.39. The minimum Gasteiger partial charge on any atom is -0.444 e. The van der Waals surface area contributed by atoms with E-state index in [-0.39, 0.29) is 6.54 Å². The molecule has 0 aromatic heterocycles. The van der Waals surface area contributed by atoms with Crippen molar-refractivity contribution in [2.24, 2.45) is 0 Å². The first-order valence-electron chi connectivity index (χ1n) is 6.84. The molecule has 0 saturated carbocycles. The van der Waals surface area contributed by atoms with Crippen LogP contribution in [0.2, 0.25) is 0 Å². The molecule has 1 aromatic carbocycles. The molecule has 1 amide bonds. The van der Waals surface area contributed by atoms with Gasteiger partial charge in [-0.2, -0.15) is 13.2 Å². The van der Waals surface area contributed by atoms with Crippen molar-refractivity contribution in [3.05, 3.63) is 41.5 Å². The third-order valence-corrected chi connectivity index (χ3v) is 2.50. The summed E-state index contributed by atoms with van der Waals surface area (Å²) < 4.78 is 41.8. The van der Waals surface area contributed by atoms with E-state index in [0.29, 0.717) is 5.56 Å². The van der Waals surface area contributed by atoms with Crippen LogP contribution in [0, 0.1) is 0 Å². The second kappa shape index (κ2) is 7.30. The number of carbonyl (C=O) groups excluding carboxylic acids is 2. The molecular weight excluding hydrogens is 311 g/mol. The molecule has 0 bridgehead atoms. The number of hydrogen-bond acceptors (Lipinski definition) is 3. The fourth-order valence-electron chi connectivity index (χ4n) is 1.56. The van der Waals surface area contributed by atoms with E-state index in [1.807, 2.05) is 0 Å². The summed E-state index contributed by atoms with van der Waals surface area (Å²) >= 11 is 0. The second-order valence-corrected chi connectivity index (χ2v) is 5.73. The fraction of sp³-hybridized carbons (Fsp3) is 0.375. The predicted octanol–water partition coefficient (Wildman–Crippen LogP) is 3.97. The summed E-state index contributed by atoms with van der Waals surface area (Å²) in [6.07, 6.45) is -2.22. The Balaban J connectivity index is 2.53. The average molecular weight is 329 g/mol. The molecular formula is C16H18F3NO3. The van der Waals surface area contributed by atoms with Gasteiger partial charge in [-0.05, 0) is 26.3 Å². The zero-order valence-corrected chi connectivity index (χ0v) is 13.0. The van der Waals surface area contributed by atoms with Crippen LogP contribution in [0.4, 0.5) is 18.0 Å². The summed E-state index contributed by atoms with van der Waals surface area (Å²) in [6, 6.07) is 5.00. The summed E-state index contributed by atoms with van der Waals surface area (Å²) in [5.74, 6) is -1.88. The lowest BCUT2D eigenvalue weighted by Crippen LogP contribution is -2.32. The quantitative estimate of drug-likeness (QED) is 0.851. The Labute approximate surface area is 132 Å². The van der Waals surface area contributed by atoms with Crippen LogP contribution in [0.3, 0.4) is 0 Å². The van der Waals surface area contributed by atoms with E-state index in [4.69, 9.17) is 4.74 Å². The number of amides is 1. The SMILES string of the molecule is CC(C)(C)OC(=O)NCC=Cc1ccc(C(=O)C(F)(F)F)cc1. The van der Waals surface area contributed by atoms with E-state index in [1.54, 1.807) is 32.9 Å². The van der Waals surface area contributed by atoms with Gasteiger partial charge in [0.15, 0.2) is 0 Å². The van der Waals surface area contributed by atoms with Crippen LogP contribution in [-0.4, -0.2) is 30.2 Å². The molecule has 0 fully saturated rings. The minimum atomic E-state index is -4.88. The summed E-state index contributed by atoms with van der Waals surface area (Å²) in [7, 11) is 0. The van der Waals surface area contributed by atoms with Crippen molar-refractivity contribution < 1.29 is 27.5 Å². The Morgan fingerprint density at radius 3 is 2.17 bits per heavy atom. The van der Waals surface area contributed by atoms with Gasteiger partial charge in [-0.25, -0.2) is 4.79 Å². The Hall–Kier alpha value is -2.31. The number of ketones is 1. The molecule has 23 heavy (non-hydrogen) atoms. The molecule has 0 aliphatic carbocycles. The summed E-state index contributed by atoms with van der Waals surface area (Å²) in [6.45, 7) is 5.43. The van der Waals surface area contributed by atoms with Crippen molar-refractivity contribution in [2.45, 2.75) is 32.5 Å². The Kier molecular flexibility index (Phi) is 5.95. The lowest BCUT2D eigenvalue weighted by molar-refractivity contribution is -0.0885. The van der Waals surface area contributed by atoms with E-state index in [0.717, 1.165) is 12.1 Å². The number of hydrogen-bond donors (Lipinski definition) is 1. The molecule has 0 heterocycles. The molecule has 7 heteroatoms. The average Bonchev–Trinajstić information content (AvgIpc) is 2.40. The van der Waals surface area contributed by atoms with Crippen molar-refractivity contribution in [1.29, 1.82) is 0 Å². The molecule has 1 aromatic rings. The van der Waals surface area contributed by atoms with E-state index >= 15 is 0 Å². The van der Waals surface area contributed by atoms with Crippen molar-refractivity contribution >= 4 is 18.0 Å². The predicted molar refractivity (Wildman–Crippen MR) is 80.1 cm³/mol. The van der Waals surface area contributed by atoms with Crippen LogP contribution in [0.25, 0.3) is 6.08 Å². The zero-order valence-electron chi connectivity index (χ0n) is 13.0. The van der Waals surface area contributed by atoms with Crippen LogP contribution >= 0.6 is 0 Å². The number of rotatable bonds is 4. The number of nitrogens with one attached hydrogen (secondary N) is 1. The molecule has 0 radical (unpaired) electrons. The molecule has 1 rings (SSSR count). The smallest absolute Gasteiger partial charge is 0.444 e. The van der Waals surface area contributed by atoms with E-state index in [2.05, 4.69) is 5.32 Å². The van der Waals surface area contributed by atoms with Gasteiger partial charge in [0.2, 0.25) is 0 Å². The maximum Gasteiger partial charge on any atom is 0.454 e. The number of benzene rings is 1. The number of alkyl halides is 3. The van der Waals surface area contributed by atoms with Gasteiger partial charge in [-0.1, -0.05) is 36.4 Å². The van der Waals surface area contributed by atoms with E-state index in [9.17, 15) is 22.8 Å². The Bertz CT molecular complexity index is 584. The molecule has 0 aliphatic rings. The second-order valence-electron chi connectivity index (χ2n) is 5.73. The molecule has 4 nitrogen and oxygen atoms in total. The highest BCUT2D eigenvalue weighted by Crippen LogP contribution is 2.21. The first kappa shape index (κ1) is 18.7. The number of carbonyl (C=O) groups is 2. The zero-order chi connectivity index (χ0) is 17.7. The molecule has 0 spiro atoms. The summed E-state index contributed by atoms with van der Waals surface area (Å²) in [5, 5.41) is 2.51.